The van der Waals surface area contributed by atoms with Crippen LogP contribution in [0.1, 0.15) is 31.9 Å². The molecule has 2 rings (SSSR count). The second-order valence-electron chi connectivity index (χ2n) is 5.76. The van der Waals surface area contributed by atoms with E-state index in [9.17, 15) is 12.8 Å². The minimum atomic E-state index is -3.13. The Balaban J connectivity index is 2.16. The highest BCUT2D eigenvalue weighted by molar-refractivity contribution is 7.99. The molecule has 0 saturated heterocycles. The Hall–Kier alpha value is -0.590. The van der Waals surface area contributed by atoms with Gasteiger partial charge in [0.05, 0.1) is 4.75 Å². The summed E-state index contributed by atoms with van der Waals surface area (Å²) in [4.78, 5) is 0.688. The first-order chi connectivity index (χ1) is 9.22. The van der Waals surface area contributed by atoms with Crippen LogP contribution in [0.2, 0.25) is 0 Å². The predicted octanol–water partition coefficient (Wildman–Crippen LogP) is 2.78. The van der Waals surface area contributed by atoms with Crippen LogP contribution in [0.25, 0.3) is 0 Å². The van der Waals surface area contributed by atoms with Crippen molar-refractivity contribution in [3.8, 4) is 0 Å². The van der Waals surface area contributed by atoms with Crippen molar-refractivity contribution in [2.75, 3.05) is 18.6 Å². The molecule has 1 aromatic rings. The lowest BCUT2D eigenvalue weighted by molar-refractivity contribution is 0.454. The van der Waals surface area contributed by atoms with Gasteiger partial charge in [-0.15, -0.1) is 11.8 Å². The van der Waals surface area contributed by atoms with Gasteiger partial charge in [0.2, 0.25) is 0 Å². The number of sulfone groups is 1. The molecule has 0 spiro atoms. The number of fused-ring (bicyclic) bond motifs is 1. The molecular weight excluding hydrogens is 297 g/mol. The van der Waals surface area contributed by atoms with E-state index >= 15 is 0 Å². The van der Waals surface area contributed by atoms with Crippen LogP contribution >= 0.6 is 11.8 Å². The van der Waals surface area contributed by atoms with Gasteiger partial charge in [0.25, 0.3) is 0 Å². The fourth-order valence-corrected chi connectivity index (χ4v) is 3.58. The molecule has 1 unspecified atom stereocenters. The molecular formula is C14H20FNO2S2. The van der Waals surface area contributed by atoms with E-state index in [0.29, 0.717) is 11.4 Å². The molecule has 0 saturated carbocycles. The highest BCUT2D eigenvalue weighted by Crippen LogP contribution is 2.37. The summed E-state index contributed by atoms with van der Waals surface area (Å²) in [6, 6.07) is 5.10. The van der Waals surface area contributed by atoms with Gasteiger partial charge >= 0.3 is 0 Å². The van der Waals surface area contributed by atoms with Gasteiger partial charge < -0.3 is 5.32 Å². The molecule has 1 N–H and O–H groups in total. The molecule has 1 aliphatic rings. The highest BCUT2D eigenvalue weighted by Gasteiger charge is 2.32. The summed E-state index contributed by atoms with van der Waals surface area (Å²) < 4.78 is 36.4. The number of rotatable bonds is 4. The van der Waals surface area contributed by atoms with E-state index in [1.54, 1.807) is 19.9 Å². The summed E-state index contributed by atoms with van der Waals surface area (Å²) in [6.07, 6.45) is 2.12. The molecule has 0 fully saturated rings. The van der Waals surface area contributed by atoms with E-state index in [1.807, 2.05) is 6.07 Å². The standard InChI is InChI=1S/C14H20FNO2S2/c1-14(2,20(3,17)18)9-16-12-7-8-19-13-10(12)5-4-6-11(13)15/h4-6,12,16H,7-9H2,1-3H3. The zero-order chi connectivity index (χ0) is 15.0. The highest BCUT2D eigenvalue weighted by atomic mass is 32.2. The van der Waals surface area contributed by atoms with E-state index in [-0.39, 0.29) is 11.9 Å². The van der Waals surface area contributed by atoms with E-state index in [0.717, 1.165) is 17.7 Å². The molecule has 1 aromatic carbocycles. The van der Waals surface area contributed by atoms with Crippen LogP contribution in [-0.4, -0.2) is 31.7 Å². The van der Waals surface area contributed by atoms with Crippen molar-refractivity contribution in [1.82, 2.24) is 5.32 Å². The Morgan fingerprint density at radius 3 is 2.80 bits per heavy atom. The molecule has 6 heteroatoms. The molecule has 20 heavy (non-hydrogen) atoms. The maximum absolute atomic E-state index is 13.8. The van der Waals surface area contributed by atoms with Crippen LogP contribution in [0.15, 0.2) is 23.1 Å². The Morgan fingerprint density at radius 2 is 2.15 bits per heavy atom. The third kappa shape index (κ3) is 3.18. The lowest BCUT2D eigenvalue weighted by Gasteiger charge is -2.30. The van der Waals surface area contributed by atoms with Crippen molar-refractivity contribution in [2.24, 2.45) is 0 Å². The number of hydrogen-bond acceptors (Lipinski definition) is 4. The van der Waals surface area contributed by atoms with Gasteiger partial charge in [-0.1, -0.05) is 12.1 Å². The molecule has 0 aromatic heterocycles. The van der Waals surface area contributed by atoms with Gasteiger partial charge in [-0.25, -0.2) is 12.8 Å². The van der Waals surface area contributed by atoms with Gasteiger partial charge in [0, 0.05) is 23.7 Å². The summed E-state index contributed by atoms with van der Waals surface area (Å²) in [5.74, 6) is 0.645. The second kappa shape index (κ2) is 5.66. The Labute approximate surface area is 124 Å². The zero-order valence-corrected chi connectivity index (χ0v) is 13.6. The van der Waals surface area contributed by atoms with Crippen molar-refractivity contribution in [2.45, 2.75) is 36.0 Å². The fraction of sp³-hybridized carbons (Fsp3) is 0.571. The Kier molecular flexibility index (Phi) is 4.47. The van der Waals surface area contributed by atoms with Crippen LogP contribution in [0.4, 0.5) is 4.39 Å². The van der Waals surface area contributed by atoms with E-state index in [2.05, 4.69) is 5.32 Å². The monoisotopic (exact) mass is 317 g/mol. The summed E-state index contributed by atoms with van der Waals surface area (Å²) in [5.41, 5.74) is 0.936. The van der Waals surface area contributed by atoms with Crippen molar-refractivity contribution < 1.29 is 12.8 Å². The number of halogens is 1. The van der Waals surface area contributed by atoms with Crippen LogP contribution in [-0.2, 0) is 9.84 Å². The number of hydrogen-bond donors (Lipinski definition) is 1. The minimum Gasteiger partial charge on any atom is -0.308 e. The van der Waals surface area contributed by atoms with Gasteiger partial charge in [-0.3, -0.25) is 0 Å². The summed E-state index contributed by atoms with van der Waals surface area (Å²) in [6.45, 7) is 3.77. The minimum absolute atomic E-state index is 0.0166. The first kappa shape index (κ1) is 15.8. The lowest BCUT2D eigenvalue weighted by atomic mass is 10.0. The quantitative estimate of drug-likeness (QED) is 0.927. The molecule has 3 nitrogen and oxygen atoms in total. The van der Waals surface area contributed by atoms with Crippen LogP contribution in [0, 0.1) is 5.82 Å². The maximum atomic E-state index is 13.8. The molecule has 1 heterocycles. The lowest BCUT2D eigenvalue weighted by Crippen LogP contribution is -2.43. The van der Waals surface area contributed by atoms with Gasteiger partial charge in [0.1, 0.15) is 5.82 Å². The summed E-state index contributed by atoms with van der Waals surface area (Å²) >= 11 is 1.52. The fourth-order valence-electron chi connectivity index (χ4n) is 2.10. The largest absolute Gasteiger partial charge is 0.308 e. The predicted molar refractivity (Wildman–Crippen MR) is 81.4 cm³/mol. The first-order valence-corrected chi connectivity index (χ1v) is 9.44. The van der Waals surface area contributed by atoms with Gasteiger partial charge in [-0.2, -0.15) is 0 Å². The van der Waals surface area contributed by atoms with E-state index in [1.165, 1.54) is 24.1 Å². The number of thioether (sulfide) groups is 1. The zero-order valence-electron chi connectivity index (χ0n) is 11.9. The topological polar surface area (TPSA) is 46.2 Å². The van der Waals surface area contributed by atoms with E-state index in [4.69, 9.17) is 0 Å². The number of benzene rings is 1. The normalized spacial score (nSPS) is 19.7. The molecule has 0 aliphatic carbocycles. The summed E-state index contributed by atoms with van der Waals surface area (Å²) in [5, 5.41) is 3.29. The average Bonchev–Trinajstić information content (AvgIpc) is 2.35. The Bertz CT molecular complexity index is 599. The summed E-state index contributed by atoms with van der Waals surface area (Å²) in [7, 11) is -3.13. The van der Waals surface area contributed by atoms with Gasteiger partial charge in [0.15, 0.2) is 9.84 Å². The first-order valence-electron chi connectivity index (χ1n) is 6.56. The molecule has 1 atom stereocenters. The second-order valence-corrected chi connectivity index (χ2v) is 9.52. The Morgan fingerprint density at radius 1 is 1.45 bits per heavy atom. The molecule has 1 aliphatic heterocycles. The third-order valence-corrected chi connectivity index (χ3v) is 7.11. The SMILES string of the molecule is CC(C)(CNC1CCSc2c(F)cccc21)S(C)(=O)=O. The van der Waals surface area contributed by atoms with Crippen LogP contribution in [0.3, 0.4) is 0 Å². The van der Waals surface area contributed by atoms with Crippen molar-refractivity contribution >= 4 is 21.6 Å². The van der Waals surface area contributed by atoms with E-state index < -0.39 is 14.6 Å². The molecule has 0 amide bonds. The van der Waals surface area contributed by atoms with Crippen molar-refractivity contribution in [3.63, 3.8) is 0 Å². The smallest absolute Gasteiger partial charge is 0.153 e. The maximum Gasteiger partial charge on any atom is 0.153 e. The van der Waals surface area contributed by atoms with Gasteiger partial charge in [-0.05, 0) is 37.7 Å². The van der Waals surface area contributed by atoms with Crippen molar-refractivity contribution in [3.05, 3.63) is 29.6 Å². The molecule has 0 radical (unpaired) electrons. The molecule has 0 bridgehead atoms. The van der Waals surface area contributed by atoms with Crippen LogP contribution < -0.4 is 5.32 Å². The number of nitrogens with one attached hydrogen (secondary N) is 1. The third-order valence-electron chi connectivity index (χ3n) is 3.80. The van der Waals surface area contributed by atoms with Crippen LogP contribution in [0.5, 0.6) is 0 Å². The average molecular weight is 317 g/mol. The molecule has 112 valence electrons. The van der Waals surface area contributed by atoms with Crippen molar-refractivity contribution in [1.29, 1.82) is 0 Å².